The summed E-state index contributed by atoms with van der Waals surface area (Å²) < 4.78 is 21.7. The molecule has 0 saturated heterocycles. The number of ether oxygens (including phenoxy) is 4. The number of aliphatic hydroxyl groups is 1. The SMILES string of the molecule is CC#C[C@@H](CC(=O)O)c1ccc(OC2CCc3ccccc32)cc1.CC#C[C@@H](CC(=O)OC)c1ccc(O)cc1.CC#C[C@@H](CC(=O)OC)c1ccc(OC2CCc3ccccc32)cc1.OC1CCc2ccccc21. The third-order valence-electron chi connectivity index (χ3n) is 13.2. The molecule has 0 spiro atoms. The number of carboxylic acid groups (broad SMARTS) is 1. The van der Waals surface area contributed by atoms with Gasteiger partial charge in [0.05, 0.1) is 57.3 Å². The van der Waals surface area contributed by atoms with E-state index in [1.807, 2.05) is 72.8 Å². The lowest BCUT2D eigenvalue weighted by molar-refractivity contribution is -0.141. The number of aliphatic hydroxyl groups excluding tert-OH is 1. The zero-order chi connectivity index (χ0) is 53.5. The van der Waals surface area contributed by atoms with E-state index in [9.17, 15) is 19.5 Å². The summed E-state index contributed by atoms with van der Waals surface area (Å²) in [6, 6.07) is 47.1. The van der Waals surface area contributed by atoms with Crippen LogP contribution in [0.25, 0.3) is 0 Å². The number of methoxy groups -OCH3 is 2. The lowest BCUT2D eigenvalue weighted by Gasteiger charge is -2.16. The maximum Gasteiger partial charge on any atom is 0.307 e. The lowest BCUT2D eigenvalue weighted by atomic mass is 9.96. The molecule has 0 fully saturated rings. The molecule has 10 nitrogen and oxygen atoms in total. The maximum atomic E-state index is 11.6. The van der Waals surface area contributed by atoms with Crippen LogP contribution in [0.4, 0.5) is 0 Å². The van der Waals surface area contributed by atoms with Gasteiger partial charge in [-0.1, -0.05) is 127 Å². The fourth-order valence-corrected chi connectivity index (χ4v) is 9.36. The smallest absolute Gasteiger partial charge is 0.307 e. The first-order chi connectivity index (χ1) is 36.4. The van der Waals surface area contributed by atoms with Crippen molar-refractivity contribution in [2.75, 3.05) is 14.2 Å². The van der Waals surface area contributed by atoms with Crippen molar-refractivity contribution in [3.05, 3.63) is 196 Å². The Morgan fingerprint density at radius 3 is 1.21 bits per heavy atom. The molecule has 0 heterocycles. The Morgan fingerprint density at radius 1 is 0.493 bits per heavy atom. The summed E-state index contributed by atoms with van der Waals surface area (Å²) in [5, 5.41) is 27.6. The van der Waals surface area contributed by atoms with Crippen LogP contribution in [0.2, 0.25) is 0 Å². The van der Waals surface area contributed by atoms with Crippen molar-refractivity contribution in [2.24, 2.45) is 0 Å². The molecule has 0 amide bonds. The molecule has 6 aromatic carbocycles. The standard InChI is InChI=1S/C22H22O3.C21H20O3.C13H14O3.C9H10O/c1-3-6-18(15-22(23)24-2)16-9-12-19(13-10-16)25-21-14-11-17-7-4-5-8-20(17)21;1-2-5-17(14-21(22)23)15-8-11-18(12-9-15)24-20-13-10-16-6-3-4-7-19(16)20;1-3-4-11(9-13(15)16-2)10-5-7-12(14)8-6-10;10-9-6-5-7-3-1-2-4-8(7)9/h4-5,7-10,12-13,18,21H,11,14-15H2,1-2H3;3-4,6-9,11-12,17,20H,10,13-14H2,1H3,(H,22,23);5-8,11,14H,9H2,1-2H3;1-4,9-10H,5-6H2/t18-,21?;17-,20?;11-;/m000./s1. The summed E-state index contributed by atoms with van der Waals surface area (Å²) in [6.45, 7) is 5.23. The molecule has 3 aliphatic carbocycles. The minimum Gasteiger partial charge on any atom is -0.508 e. The van der Waals surface area contributed by atoms with Gasteiger partial charge in [-0.25, -0.2) is 0 Å². The van der Waals surface area contributed by atoms with Gasteiger partial charge in [0.1, 0.15) is 29.5 Å². The molecule has 386 valence electrons. The molecule has 0 radical (unpaired) electrons. The van der Waals surface area contributed by atoms with Crippen molar-refractivity contribution in [1.82, 2.24) is 0 Å². The van der Waals surface area contributed by atoms with Crippen molar-refractivity contribution in [2.45, 2.75) is 115 Å². The molecule has 0 aliphatic heterocycles. The minimum absolute atomic E-state index is 0.0110. The van der Waals surface area contributed by atoms with Gasteiger partial charge in [0.15, 0.2) is 0 Å². The molecule has 6 aromatic rings. The number of esters is 2. The Hall–Kier alpha value is -8.23. The van der Waals surface area contributed by atoms with Crippen LogP contribution in [0.1, 0.15) is 145 Å². The summed E-state index contributed by atoms with van der Waals surface area (Å²) in [5.74, 6) is 17.3. The summed E-state index contributed by atoms with van der Waals surface area (Å²) >= 11 is 0. The molecule has 9 rings (SSSR count). The molecule has 3 aliphatic rings. The van der Waals surface area contributed by atoms with Crippen LogP contribution in [-0.4, -0.2) is 47.4 Å². The highest BCUT2D eigenvalue weighted by Crippen LogP contribution is 2.37. The van der Waals surface area contributed by atoms with Gasteiger partial charge < -0.3 is 34.3 Å². The number of rotatable bonds is 13. The van der Waals surface area contributed by atoms with E-state index in [1.165, 1.54) is 42.0 Å². The third kappa shape index (κ3) is 16.6. The van der Waals surface area contributed by atoms with Gasteiger partial charge in [0, 0.05) is 0 Å². The highest BCUT2D eigenvalue weighted by Gasteiger charge is 2.25. The second-order valence-corrected chi connectivity index (χ2v) is 18.2. The molecular formula is C65H66O10. The molecule has 3 unspecified atom stereocenters. The number of phenols is 1. The Balaban J connectivity index is 0.000000170. The van der Waals surface area contributed by atoms with E-state index in [-0.39, 0.29) is 73.0 Å². The second kappa shape index (κ2) is 28.9. The van der Waals surface area contributed by atoms with E-state index in [2.05, 4.69) is 88.8 Å². The number of carbonyl (C=O) groups excluding carboxylic acids is 2. The van der Waals surface area contributed by atoms with Gasteiger partial charge >= 0.3 is 17.9 Å². The number of benzene rings is 6. The number of fused-ring (bicyclic) bond motifs is 3. The summed E-state index contributed by atoms with van der Waals surface area (Å²) in [4.78, 5) is 33.7. The second-order valence-electron chi connectivity index (χ2n) is 18.2. The van der Waals surface area contributed by atoms with Crippen LogP contribution >= 0.6 is 0 Å². The molecule has 0 aromatic heterocycles. The van der Waals surface area contributed by atoms with Crippen molar-refractivity contribution in [1.29, 1.82) is 0 Å². The van der Waals surface area contributed by atoms with Crippen LogP contribution in [0.3, 0.4) is 0 Å². The zero-order valence-corrected chi connectivity index (χ0v) is 43.4. The van der Waals surface area contributed by atoms with Gasteiger partial charge in [-0.3, -0.25) is 14.4 Å². The highest BCUT2D eigenvalue weighted by atomic mass is 16.5. The first-order valence-corrected chi connectivity index (χ1v) is 25.3. The lowest BCUT2D eigenvalue weighted by Crippen LogP contribution is -2.08. The maximum absolute atomic E-state index is 11.6. The first-order valence-electron chi connectivity index (χ1n) is 25.3. The Kier molecular flexibility index (Phi) is 21.6. The number of aliphatic carboxylic acids is 1. The average Bonchev–Trinajstić information content (AvgIpc) is 4.16. The molecule has 75 heavy (non-hydrogen) atoms. The predicted octanol–water partition coefficient (Wildman–Crippen LogP) is 12.5. The van der Waals surface area contributed by atoms with Crippen LogP contribution in [0, 0.1) is 35.5 Å². The van der Waals surface area contributed by atoms with E-state index in [1.54, 1.807) is 45.0 Å². The average molecular weight is 1010 g/mol. The topological polar surface area (TPSA) is 149 Å². The molecule has 10 heteroatoms. The van der Waals surface area contributed by atoms with Crippen molar-refractivity contribution < 1.29 is 48.7 Å². The number of carboxylic acids is 1. The summed E-state index contributed by atoms with van der Waals surface area (Å²) in [5.41, 5.74) is 10.5. The monoisotopic (exact) mass is 1010 g/mol. The Labute approximate surface area is 442 Å². The molecule has 0 saturated carbocycles. The number of hydrogen-bond donors (Lipinski definition) is 3. The normalized spacial score (nSPS) is 16.2. The van der Waals surface area contributed by atoms with Crippen LogP contribution in [0.15, 0.2) is 146 Å². The fourth-order valence-electron chi connectivity index (χ4n) is 9.36. The van der Waals surface area contributed by atoms with E-state index >= 15 is 0 Å². The largest absolute Gasteiger partial charge is 0.508 e. The van der Waals surface area contributed by atoms with Crippen molar-refractivity contribution in [3.63, 3.8) is 0 Å². The van der Waals surface area contributed by atoms with Gasteiger partial charge in [0.25, 0.3) is 0 Å². The number of aromatic hydroxyl groups is 1. The van der Waals surface area contributed by atoms with Crippen LogP contribution in [0.5, 0.6) is 17.2 Å². The van der Waals surface area contributed by atoms with E-state index in [4.69, 9.17) is 24.4 Å². The minimum atomic E-state index is -0.842. The number of aryl methyl sites for hydroxylation is 3. The van der Waals surface area contributed by atoms with E-state index in [0.717, 1.165) is 72.3 Å². The zero-order valence-electron chi connectivity index (χ0n) is 43.4. The van der Waals surface area contributed by atoms with Gasteiger partial charge in [-0.2, -0.15) is 0 Å². The Morgan fingerprint density at radius 2 is 0.840 bits per heavy atom. The fraction of sp³-hybridized carbons (Fsp3) is 0.308. The van der Waals surface area contributed by atoms with Crippen molar-refractivity contribution >= 4 is 17.9 Å². The number of carbonyl (C=O) groups is 3. The Bertz CT molecular complexity index is 3020. The van der Waals surface area contributed by atoms with E-state index < -0.39 is 5.97 Å². The van der Waals surface area contributed by atoms with Gasteiger partial charge in [0.2, 0.25) is 0 Å². The van der Waals surface area contributed by atoms with E-state index in [0.29, 0.717) is 0 Å². The van der Waals surface area contributed by atoms with Crippen LogP contribution in [-0.2, 0) is 43.1 Å². The summed E-state index contributed by atoms with van der Waals surface area (Å²) in [7, 11) is 2.75. The van der Waals surface area contributed by atoms with Gasteiger partial charge in [-0.05, 0) is 146 Å². The molecule has 6 atom stereocenters. The first kappa shape index (κ1) is 56.1. The van der Waals surface area contributed by atoms with Crippen LogP contribution < -0.4 is 9.47 Å². The molecule has 3 N–H and O–H groups in total. The predicted molar refractivity (Wildman–Crippen MR) is 291 cm³/mol. The molecular weight excluding hydrogens is 941 g/mol. The van der Waals surface area contributed by atoms with Crippen molar-refractivity contribution in [3.8, 4) is 52.8 Å². The number of hydrogen-bond acceptors (Lipinski definition) is 9. The highest BCUT2D eigenvalue weighted by molar-refractivity contribution is 5.72. The third-order valence-corrected chi connectivity index (χ3v) is 13.2. The quantitative estimate of drug-likeness (QED) is 0.0754. The molecule has 0 bridgehead atoms. The summed E-state index contributed by atoms with van der Waals surface area (Å²) in [6.07, 6.45) is 6.55. The number of phenolic OH excluding ortho intramolecular Hbond substituents is 1. The van der Waals surface area contributed by atoms with Gasteiger partial charge in [-0.15, -0.1) is 17.8 Å².